The molecule has 7 heteroatoms. The fourth-order valence-corrected chi connectivity index (χ4v) is 4.03. The Morgan fingerprint density at radius 2 is 1.89 bits per heavy atom. The molecule has 0 unspecified atom stereocenters. The van der Waals surface area contributed by atoms with E-state index in [-0.39, 0.29) is 17.0 Å². The summed E-state index contributed by atoms with van der Waals surface area (Å²) in [4.78, 5) is 38.4. The van der Waals surface area contributed by atoms with Gasteiger partial charge in [-0.1, -0.05) is 32.9 Å². The van der Waals surface area contributed by atoms with Crippen molar-refractivity contribution in [1.29, 1.82) is 0 Å². The van der Waals surface area contributed by atoms with Gasteiger partial charge in [0.2, 0.25) is 5.91 Å². The van der Waals surface area contributed by atoms with Gasteiger partial charge in [0.15, 0.2) is 0 Å². The molecule has 0 atom stereocenters. The van der Waals surface area contributed by atoms with Crippen LogP contribution in [0.25, 0.3) is 0 Å². The molecule has 1 aliphatic carbocycles. The van der Waals surface area contributed by atoms with Crippen molar-refractivity contribution in [2.75, 3.05) is 11.9 Å². The maximum Gasteiger partial charge on any atom is 0.325 e. The van der Waals surface area contributed by atoms with Gasteiger partial charge in [0.25, 0.3) is 5.91 Å². The van der Waals surface area contributed by atoms with Gasteiger partial charge in [0.05, 0.1) is 5.69 Å². The zero-order valence-corrected chi connectivity index (χ0v) is 16.0. The SMILES string of the molecule is CC(C)(C)C1CCC2(CC1)NC(=O)N(CC(=O)Nc1ccccc1F)C2=O. The van der Waals surface area contributed by atoms with Crippen LogP contribution in [0, 0.1) is 17.2 Å². The van der Waals surface area contributed by atoms with Crippen molar-refractivity contribution in [2.45, 2.75) is 52.0 Å². The van der Waals surface area contributed by atoms with Crippen LogP contribution < -0.4 is 10.6 Å². The van der Waals surface area contributed by atoms with Gasteiger partial charge in [-0.05, 0) is 49.1 Å². The van der Waals surface area contributed by atoms with E-state index < -0.39 is 29.8 Å². The first kappa shape index (κ1) is 19.3. The van der Waals surface area contributed by atoms with E-state index in [1.165, 1.54) is 18.2 Å². The van der Waals surface area contributed by atoms with Crippen molar-refractivity contribution in [2.24, 2.45) is 11.3 Å². The van der Waals surface area contributed by atoms with E-state index in [4.69, 9.17) is 0 Å². The van der Waals surface area contributed by atoms with E-state index in [0.29, 0.717) is 18.8 Å². The zero-order valence-electron chi connectivity index (χ0n) is 16.0. The first-order valence-electron chi connectivity index (χ1n) is 9.31. The summed E-state index contributed by atoms with van der Waals surface area (Å²) in [5, 5.41) is 5.21. The fourth-order valence-electron chi connectivity index (χ4n) is 4.03. The number of imide groups is 1. The minimum atomic E-state index is -0.906. The second kappa shape index (κ2) is 6.94. The summed E-state index contributed by atoms with van der Waals surface area (Å²) in [6.07, 6.45) is 2.85. The average molecular weight is 375 g/mol. The molecule has 2 aliphatic rings. The summed E-state index contributed by atoms with van der Waals surface area (Å²) in [6.45, 7) is 6.13. The predicted molar refractivity (Wildman–Crippen MR) is 99.4 cm³/mol. The molecule has 2 fully saturated rings. The van der Waals surface area contributed by atoms with Crippen LogP contribution in [0.15, 0.2) is 24.3 Å². The van der Waals surface area contributed by atoms with Gasteiger partial charge in [0, 0.05) is 0 Å². The van der Waals surface area contributed by atoms with Crippen molar-refractivity contribution < 1.29 is 18.8 Å². The van der Waals surface area contributed by atoms with Gasteiger partial charge in [-0.3, -0.25) is 14.5 Å². The van der Waals surface area contributed by atoms with Crippen LogP contribution in [0.3, 0.4) is 0 Å². The first-order chi connectivity index (χ1) is 12.6. The number of amides is 4. The van der Waals surface area contributed by atoms with Crippen molar-refractivity contribution in [3.05, 3.63) is 30.1 Å². The number of hydrogen-bond acceptors (Lipinski definition) is 3. The Labute approximate surface area is 158 Å². The number of nitrogens with one attached hydrogen (secondary N) is 2. The molecule has 1 aromatic rings. The molecule has 146 valence electrons. The second-order valence-electron chi connectivity index (χ2n) is 8.57. The number of halogens is 1. The molecule has 1 saturated heterocycles. The van der Waals surface area contributed by atoms with Gasteiger partial charge in [-0.25, -0.2) is 9.18 Å². The lowest BCUT2D eigenvalue weighted by atomic mass is 9.67. The Balaban J connectivity index is 1.65. The predicted octanol–water partition coefficient (Wildman–Crippen LogP) is 3.29. The normalized spacial score (nSPS) is 25.6. The fraction of sp³-hybridized carbons (Fsp3) is 0.550. The van der Waals surface area contributed by atoms with Gasteiger partial charge in [-0.15, -0.1) is 0 Å². The highest BCUT2D eigenvalue weighted by atomic mass is 19.1. The van der Waals surface area contributed by atoms with Crippen molar-refractivity contribution in [1.82, 2.24) is 10.2 Å². The number of carbonyl (C=O) groups excluding carboxylic acids is 3. The molecule has 0 bridgehead atoms. The third-order valence-corrected chi connectivity index (χ3v) is 5.76. The molecular formula is C20H26FN3O3. The van der Waals surface area contributed by atoms with Crippen LogP contribution in [0.5, 0.6) is 0 Å². The molecule has 0 aromatic heterocycles. The van der Waals surface area contributed by atoms with Gasteiger partial charge < -0.3 is 10.6 Å². The number of para-hydroxylation sites is 1. The van der Waals surface area contributed by atoms with Crippen LogP contribution in [0.1, 0.15) is 46.5 Å². The van der Waals surface area contributed by atoms with Crippen molar-refractivity contribution in [3.63, 3.8) is 0 Å². The van der Waals surface area contributed by atoms with Crippen molar-refractivity contribution >= 4 is 23.5 Å². The van der Waals surface area contributed by atoms with Crippen LogP contribution in [-0.4, -0.2) is 34.8 Å². The smallest absolute Gasteiger partial charge is 0.323 e. The van der Waals surface area contributed by atoms with E-state index in [1.807, 2.05) is 0 Å². The van der Waals surface area contributed by atoms with E-state index >= 15 is 0 Å². The topological polar surface area (TPSA) is 78.5 Å². The van der Waals surface area contributed by atoms with Crippen LogP contribution >= 0.6 is 0 Å². The summed E-state index contributed by atoms with van der Waals surface area (Å²) >= 11 is 0. The standard InChI is InChI=1S/C20H26FN3O3/c1-19(2,3)13-8-10-20(11-9-13)17(26)24(18(27)23-20)12-16(25)22-15-7-5-4-6-14(15)21/h4-7,13H,8-12H2,1-3H3,(H,22,25)(H,23,27). The number of hydrogen-bond donors (Lipinski definition) is 2. The molecule has 1 spiro atoms. The van der Waals surface area contributed by atoms with Crippen molar-refractivity contribution in [3.8, 4) is 0 Å². The number of carbonyl (C=O) groups is 3. The summed E-state index contributed by atoms with van der Waals surface area (Å²) in [5.41, 5.74) is -0.723. The van der Waals surface area contributed by atoms with E-state index in [2.05, 4.69) is 31.4 Å². The number of urea groups is 1. The zero-order chi connectivity index (χ0) is 19.8. The Morgan fingerprint density at radius 3 is 2.48 bits per heavy atom. The van der Waals surface area contributed by atoms with Crippen LogP contribution in [-0.2, 0) is 9.59 Å². The third-order valence-electron chi connectivity index (χ3n) is 5.76. The highest BCUT2D eigenvalue weighted by molar-refractivity contribution is 6.10. The molecule has 1 aliphatic heterocycles. The number of nitrogens with zero attached hydrogens (tertiary/aromatic N) is 1. The number of rotatable bonds is 3. The largest absolute Gasteiger partial charge is 0.325 e. The highest BCUT2D eigenvalue weighted by Gasteiger charge is 2.53. The minimum Gasteiger partial charge on any atom is -0.323 e. The number of benzene rings is 1. The maximum absolute atomic E-state index is 13.7. The number of anilines is 1. The van der Waals surface area contributed by atoms with Gasteiger partial charge in [-0.2, -0.15) is 0 Å². The first-order valence-corrected chi connectivity index (χ1v) is 9.31. The molecule has 4 amide bonds. The van der Waals surface area contributed by atoms with Crippen LogP contribution in [0.2, 0.25) is 0 Å². The minimum absolute atomic E-state index is 0.0231. The lowest BCUT2D eigenvalue weighted by molar-refractivity contribution is -0.135. The summed E-state index contributed by atoms with van der Waals surface area (Å²) < 4.78 is 13.7. The highest BCUT2D eigenvalue weighted by Crippen LogP contribution is 2.43. The summed E-state index contributed by atoms with van der Waals surface area (Å²) in [5.74, 6) is -1.04. The Kier molecular flexibility index (Phi) is 4.97. The molecular weight excluding hydrogens is 349 g/mol. The molecule has 1 saturated carbocycles. The Morgan fingerprint density at radius 1 is 1.26 bits per heavy atom. The molecule has 27 heavy (non-hydrogen) atoms. The molecule has 2 N–H and O–H groups in total. The lowest BCUT2D eigenvalue weighted by Crippen LogP contribution is -2.51. The lowest BCUT2D eigenvalue weighted by Gasteiger charge is -2.40. The Bertz CT molecular complexity index is 764. The summed E-state index contributed by atoms with van der Waals surface area (Å²) in [7, 11) is 0. The molecule has 1 aromatic carbocycles. The Hall–Kier alpha value is -2.44. The van der Waals surface area contributed by atoms with Crippen LogP contribution in [0.4, 0.5) is 14.9 Å². The summed E-state index contributed by atoms with van der Waals surface area (Å²) in [6, 6.07) is 5.20. The molecule has 0 radical (unpaired) electrons. The molecule has 3 rings (SSSR count). The van der Waals surface area contributed by atoms with Gasteiger partial charge >= 0.3 is 6.03 Å². The molecule has 6 nitrogen and oxygen atoms in total. The average Bonchev–Trinajstić information content (AvgIpc) is 2.81. The van der Waals surface area contributed by atoms with Gasteiger partial charge in [0.1, 0.15) is 17.9 Å². The van der Waals surface area contributed by atoms with E-state index in [1.54, 1.807) is 6.07 Å². The van der Waals surface area contributed by atoms with E-state index in [9.17, 15) is 18.8 Å². The monoisotopic (exact) mass is 375 g/mol. The quantitative estimate of drug-likeness (QED) is 0.796. The molecule has 1 heterocycles. The third kappa shape index (κ3) is 3.82. The second-order valence-corrected chi connectivity index (χ2v) is 8.57. The van der Waals surface area contributed by atoms with E-state index in [0.717, 1.165) is 17.7 Å². The maximum atomic E-state index is 13.7.